The largest absolute Gasteiger partial charge is 0.484 e. The third-order valence-corrected chi connectivity index (χ3v) is 4.53. The molecule has 2 aliphatic rings. The standard InChI is InChI=1S/C17H22N2O4/c18-15(20)11-22-14-5-3-13(4-6-14)16(21)19-9-10-23-17(12-19)7-1-2-8-17/h3-6H,1-2,7-12H2,(H2,18,20). The zero-order valence-corrected chi connectivity index (χ0v) is 13.1. The second-order valence-corrected chi connectivity index (χ2v) is 6.24. The molecular formula is C17H22N2O4. The molecule has 1 saturated carbocycles. The number of benzene rings is 1. The summed E-state index contributed by atoms with van der Waals surface area (Å²) in [6.45, 7) is 1.73. The van der Waals surface area contributed by atoms with Gasteiger partial charge < -0.3 is 20.1 Å². The Morgan fingerprint density at radius 2 is 1.91 bits per heavy atom. The van der Waals surface area contributed by atoms with Crippen LogP contribution in [0, 0.1) is 0 Å². The molecule has 1 aliphatic heterocycles. The van der Waals surface area contributed by atoms with Crippen molar-refractivity contribution in [3.8, 4) is 5.75 Å². The van der Waals surface area contributed by atoms with Crippen LogP contribution < -0.4 is 10.5 Å². The van der Waals surface area contributed by atoms with E-state index in [0.717, 1.165) is 12.8 Å². The summed E-state index contributed by atoms with van der Waals surface area (Å²) in [5.74, 6) is 0.0101. The van der Waals surface area contributed by atoms with Gasteiger partial charge in [0.1, 0.15) is 5.75 Å². The Bertz CT molecular complexity index is 579. The number of primary amides is 1. The van der Waals surface area contributed by atoms with Crippen molar-refractivity contribution in [2.45, 2.75) is 31.3 Å². The summed E-state index contributed by atoms with van der Waals surface area (Å²) >= 11 is 0. The molecule has 1 aromatic rings. The van der Waals surface area contributed by atoms with E-state index in [0.29, 0.717) is 31.0 Å². The van der Waals surface area contributed by atoms with Crippen molar-refractivity contribution < 1.29 is 19.1 Å². The third-order valence-electron chi connectivity index (χ3n) is 4.53. The van der Waals surface area contributed by atoms with Crippen LogP contribution in [-0.4, -0.2) is 48.6 Å². The molecule has 2 N–H and O–H groups in total. The Balaban J connectivity index is 1.64. The summed E-state index contributed by atoms with van der Waals surface area (Å²) in [6, 6.07) is 6.80. The number of hydrogen-bond donors (Lipinski definition) is 1. The summed E-state index contributed by atoms with van der Waals surface area (Å²) in [5, 5.41) is 0. The first-order valence-corrected chi connectivity index (χ1v) is 8.02. The lowest BCUT2D eigenvalue weighted by molar-refractivity contribution is -0.119. The third kappa shape index (κ3) is 3.64. The summed E-state index contributed by atoms with van der Waals surface area (Å²) in [5.41, 5.74) is 5.53. The van der Waals surface area contributed by atoms with Gasteiger partial charge in [-0.25, -0.2) is 0 Å². The first kappa shape index (κ1) is 15.8. The van der Waals surface area contributed by atoms with Crippen LogP contribution in [0.5, 0.6) is 5.75 Å². The lowest BCUT2D eigenvalue weighted by Crippen LogP contribution is -2.52. The molecule has 2 amide bonds. The average Bonchev–Trinajstić information content (AvgIpc) is 3.00. The van der Waals surface area contributed by atoms with E-state index >= 15 is 0 Å². The highest BCUT2D eigenvalue weighted by atomic mass is 16.5. The zero-order valence-electron chi connectivity index (χ0n) is 13.1. The van der Waals surface area contributed by atoms with Crippen molar-refractivity contribution in [2.75, 3.05) is 26.3 Å². The van der Waals surface area contributed by atoms with Crippen molar-refractivity contribution in [2.24, 2.45) is 5.73 Å². The van der Waals surface area contributed by atoms with Gasteiger partial charge in [0.2, 0.25) is 0 Å². The molecule has 1 aromatic carbocycles. The molecule has 0 unspecified atom stereocenters. The average molecular weight is 318 g/mol. The number of ether oxygens (including phenoxy) is 2. The topological polar surface area (TPSA) is 81.9 Å². The smallest absolute Gasteiger partial charge is 0.255 e. The molecule has 0 atom stereocenters. The number of morpholine rings is 1. The molecule has 0 radical (unpaired) electrons. The van der Waals surface area contributed by atoms with Crippen LogP contribution in [0.15, 0.2) is 24.3 Å². The second-order valence-electron chi connectivity index (χ2n) is 6.24. The fourth-order valence-electron chi connectivity index (χ4n) is 3.37. The Morgan fingerprint density at radius 1 is 1.22 bits per heavy atom. The number of hydrogen-bond acceptors (Lipinski definition) is 4. The van der Waals surface area contributed by atoms with Gasteiger partial charge in [-0.1, -0.05) is 12.8 Å². The number of nitrogens with two attached hydrogens (primary N) is 1. The highest BCUT2D eigenvalue weighted by molar-refractivity contribution is 5.94. The number of carbonyl (C=O) groups is 2. The molecule has 1 spiro atoms. The second kappa shape index (κ2) is 6.58. The fraction of sp³-hybridized carbons (Fsp3) is 0.529. The van der Waals surface area contributed by atoms with Crippen LogP contribution in [-0.2, 0) is 9.53 Å². The molecule has 3 rings (SSSR count). The monoisotopic (exact) mass is 318 g/mol. The van der Waals surface area contributed by atoms with Gasteiger partial charge in [-0.15, -0.1) is 0 Å². The first-order valence-electron chi connectivity index (χ1n) is 8.02. The van der Waals surface area contributed by atoms with Gasteiger partial charge in [0.05, 0.1) is 18.8 Å². The van der Waals surface area contributed by atoms with Gasteiger partial charge in [-0.2, -0.15) is 0 Å². The first-order chi connectivity index (χ1) is 11.1. The number of carbonyl (C=O) groups excluding carboxylic acids is 2. The maximum Gasteiger partial charge on any atom is 0.255 e. The predicted molar refractivity (Wildman–Crippen MR) is 84.2 cm³/mol. The van der Waals surface area contributed by atoms with E-state index in [1.54, 1.807) is 24.3 Å². The van der Waals surface area contributed by atoms with Gasteiger partial charge in [-0.05, 0) is 37.1 Å². The summed E-state index contributed by atoms with van der Waals surface area (Å²) in [6.07, 6.45) is 4.43. The van der Waals surface area contributed by atoms with E-state index in [4.69, 9.17) is 15.2 Å². The molecular weight excluding hydrogens is 296 g/mol. The number of amides is 2. The van der Waals surface area contributed by atoms with E-state index in [1.807, 2.05) is 4.90 Å². The van der Waals surface area contributed by atoms with Crippen LogP contribution in [0.1, 0.15) is 36.0 Å². The van der Waals surface area contributed by atoms with Crippen molar-refractivity contribution >= 4 is 11.8 Å². The molecule has 1 saturated heterocycles. The Labute approximate surface area is 135 Å². The fourth-order valence-corrected chi connectivity index (χ4v) is 3.37. The molecule has 23 heavy (non-hydrogen) atoms. The minimum atomic E-state index is -0.527. The van der Waals surface area contributed by atoms with E-state index in [2.05, 4.69) is 0 Å². The van der Waals surface area contributed by atoms with Crippen molar-refractivity contribution in [3.63, 3.8) is 0 Å². The maximum absolute atomic E-state index is 12.7. The van der Waals surface area contributed by atoms with E-state index in [9.17, 15) is 9.59 Å². The lowest BCUT2D eigenvalue weighted by atomic mass is 9.99. The molecule has 0 aromatic heterocycles. The number of rotatable bonds is 4. The maximum atomic E-state index is 12.7. The number of nitrogens with zero attached hydrogens (tertiary/aromatic N) is 1. The van der Waals surface area contributed by atoms with Crippen molar-refractivity contribution in [3.05, 3.63) is 29.8 Å². The highest BCUT2D eigenvalue weighted by Crippen LogP contribution is 2.36. The Kier molecular flexibility index (Phi) is 4.52. The predicted octanol–water partition coefficient (Wildman–Crippen LogP) is 1.34. The summed E-state index contributed by atoms with van der Waals surface area (Å²) in [7, 11) is 0. The van der Waals surface area contributed by atoms with Gasteiger partial charge >= 0.3 is 0 Å². The Morgan fingerprint density at radius 3 is 2.57 bits per heavy atom. The minimum absolute atomic E-state index is 0.0148. The zero-order chi connectivity index (χ0) is 16.3. The molecule has 1 aliphatic carbocycles. The molecule has 1 heterocycles. The van der Waals surface area contributed by atoms with E-state index in [1.165, 1.54) is 12.8 Å². The van der Waals surface area contributed by atoms with Crippen LogP contribution in [0.2, 0.25) is 0 Å². The van der Waals surface area contributed by atoms with Crippen molar-refractivity contribution in [1.82, 2.24) is 4.90 Å². The summed E-state index contributed by atoms with van der Waals surface area (Å²) < 4.78 is 11.2. The molecule has 6 nitrogen and oxygen atoms in total. The van der Waals surface area contributed by atoms with Crippen molar-refractivity contribution in [1.29, 1.82) is 0 Å². The van der Waals surface area contributed by atoms with E-state index in [-0.39, 0.29) is 18.1 Å². The summed E-state index contributed by atoms with van der Waals surface area (Å²) in [4.78, 5) is 25.3. The molecule has 0 bridgehead atoms. The highest BCUT2D eigenvalue weighted by Gasteiger charge is 2.40. The normalized spacial score (nSPS) is 19.7. The van der Waals surface area contributed by atoms with Gasteiger partial charge in [0.25, 0.3) is 11.8 Å². The quantitative estimate of drug-likeness (QED) is 0.908. The van der Waals surface area contributed by atoms with Crippen LogP contribution >= 0.6 is 0 Å². The SMILES string of the molecule is NC(=O)COc1ccc(C(=O)N2CCOC3(CCCC3)C2)cc1. The molecule has 124 valence electrons. The molecule has 6 heteroatoms. The van der Waals surface area contributed by atoms with Gasteiger partial charge in [0, 0.05) is 12.1 Å². The van der Waals surface area contributed by atoms with E-state index < -0.39 is 5.91 Å². The lowest BCUT2D eigenvalue weighted by Gasteiger charge is -2.40. The Hall–Kier alpha value is -2.08. The molecule has 2 fully saturated rings. The van der Waals surface area contributed by atoms with Crippen LogP contribution in [0.3, 0.4) is 0 Å². The van der Waals surface area contributed by atoms with Crippen LogP contribution in [0.4, 0.5) is 0 Å². The van der Waals surface area contributed by atoms with Crippen LogP contribution in [0.25, 0.3) is 0 Å². The van der Waals surface area contributed by atoms with Gasteiger partial charge in [-0.3, -0.25) is 9.59 Å². The van der Waals surface area contributed by atoms with Gasteiger partial charge in [0.15, 0.2) is 6.61 Å². The minimum Gasteiger partial charge on any atom is -0.484 e.